The van der Waals surface area contributed by atoms with Gasteiger partial charge in [-0.2, -0.15) is 0 Å². The van der Waals surface area contributed by atoms with Gasteiger partial charge in [-0.25, -0.2) is 0 Å². The zero-order chi connectivity index (χ0) is 13.5. The molecule has 1 aliphatic heterocycles. The summed E-state index contributed by atoms with van der Waals surface area (Å²) in [6.45, 7) is 5.58. The van der Waals surface area contributed by atoms with Crippen LogP contribution in [-0.2, 0) is 4.79 Å². The average molecular weight is 264 g/mol. The van der Waals surface area contributed by atoms with Crippen LogP contribution in [0.1, 0.15) is 65.2 Å². The lowest BCUT2D eigenvalue weighted by atomic mass is 9.82. The van der Waals surface area contributed by atoms with Gasteiger partial charge in [0.1, 0.15) is 0 Å². The molecule has 1 saturated heterocycles. The molecule has 1 atom stereocenters. The molecule has 0 aromatic heterocycles. The van der Waals surface area contributed by atoms with Crippen molar-refractivity contribution >= 4 is 5.91 Å². The molecule has 3 rings (SSSR count). The highest BCUT2D eigenvalue weighted by Crippen LogP contribution is 2.43. The Bertz CT molecular complexity index is 343. The summed E-state index contributed by atoms with van der Waals surface area (Å²) < 4.78 is 0. The maximum atomic E-state index is 12.6. The van der Waals surface area contributed by atoms with E-state index in [1.165, 1.54) is 25.7 Å². The fourth-order valence-electron chi connectivity index (χ4n) is 3.86. The van der Waals surface area contributed by atoms with E-state index in [4.69, 9.17) is 0 Å². The van der Waals surface area contributed by atoms with Crippen LogP contribution in [-0.4, -0.2) is 29.1 Å². The third kappa shape index (κ3) is 2.54. The molecule has 0 aromatic rings. The third-order valence-electron chi connectivity index (χ3n) is 5.39. The van der Waals surface area contributed by atoms with Crippen LogP contribution in [0.5, 0.6) is 0 Å². The van der Waals surface area contributed by atoms with Crippen LogP contribution in [0.15, 0.2) is 0 Å². The summed E-state index contributed by atoms with van der Waals surface area (Å²) in [6, 6.07) is 0. The molecule has 19 heavy (non-hydrogen) atoms. The molecule has 2 saturated carbocycles. The number of rotatable bonds is 4. The van der Waals surface area contributed by atoms with Gasteiger partial charge in [-0.05, 0) is 43.9 Å². The first-order valence-electron chi connectivity index (χ1n) is 8.23. The Morgan fingerprint density at radius 2 is 1.95 bits per heavy atom. The van der Waals surface area contributed by atoms with E-state index in [1.54, 1.807) is 0 Å². The second kappa shape index (κ2) is 5.08. The highest BCUT2D eigenvalue weighted by molar-refractivity contribution is 5.91. The van der Waals surface area contributed by atoms with Crippen LogP contribution in [0.3, 0.4) is 0 Å². The van der Waals surface area contributed by atoms with Crippen molar-refractivity contribution in [1.29, 1.82) is 0 Å². The second-order valence-electron chi connectivity index (χ2n) is 7.11. The summed E-state index contributed by atoms with van der Waals surface area (Å²) in [4.78, 5) is 14.8. The molecule has 3 nitrogen and oxygen atoms in total. The lowest BCUT2D eigenvalue weighted by Crippen LogP contribution is -2.41. The summed E-state index contributed by atoms with van der Waals surface area (Å²) in [5, 5.41) is 3.62. The predicted octanol–water partition coefficient (Wildman–Crippen LogP) is 2.90. The lowest BCUT2D eigenvalue weighted by molar-refractivity contribution is -0.131. The molecule has 1 heterocycles. The Morgan fingerprint density at radius 1 is 1.26 bits per heavy atom. The maximum Gasteiger partial charge on any atom is 0.244 e. The van der Waals surface area contributed by atoms with Gasteiger partial charge in [0.15, 0.2) is 0 Å². The van der Waals surface area contributed by atoms with Gasteiger partial charge in [0.25, 0.3) is 0 Å². The molecule has 3 aliphatic rings. The Balaban J connectivity index is 1.62. The van der Waals surface area contributed by atoms with Crippen LogP contribution in [0.25, 0.3) is 0 Å². The number of carbonyl (C=O) groups is 1. The summed E-state index contributed by atoms with van der Waals surface area (Å²) in [5.74, 6) is 2.05. The van der Waals surface area contributed by atoms with Gasteiger partial charge >= 0.3 is 0 Å². The van der Waals surface area contributed by atoms with E-state index in [1.807, 2.05) is 0 Å². The van der Waals surface area contributed by atoms with Gasteiger partial charge in [-0.15, -0.1) is 0 Å². The van der Waals surface area contributed by atoms with Crippen molar-refractivity contribution in [2.24, 2.45) is 11.8 Å². The quantitative estimate of drug-likeness (QED) is 0.847. The van der Waals surface area contributed by atoms with Crippen LogP contribution in [0, 0.1) is 11.8 Å². The minimum atomic E-state index is -0.123. The minimum Gasteiger partial charge on any atom is -0.325 e. The highest BCUT2D eigenvalue weighted by atomic mass is 16.2. The summed E-state index contributed by atoms with van der Waals surface area (Å²) in [5.41, 5.74) is -0.123. The molecule has 2 aliphatic carbocycles. The molecule has 3 heteroatoms. The molecule has 1 spiro atoms. The lowest BCUT2D eigenvalue weighted by Gasteiger charge is -2.32. The number of carbonyl (C=O) groups excluding carboxylic acids is 1. The van der Waals surface area contributed by atoms with Crippen molar-refractivity contribution in [3.8, 4) is 0 Å². The van der Waals surface area contributed by atoms with Crippen molar-refractivity contribution in [3.05, 3.63) is 0 Å². The maximum absolute atomic E-state index is 12.6. The number of nitrogens with one attached hydrogen (secondary N) is 1. The molecule has 0 bridgehead atoms. The number of hydrogen-bond acceptors (Lipinski definition) is 2. The smallest absolute Gasteiger partial charge is 0.244 e. The molecule has 1 unspecified atom stereocenters. The van der Waals surface area contributed by atoms with Gasteiger partial charge < -0.3 is 4.90 Å². The predicted molar refractivity (Wildman–Crippen MR) is 76.6 cm³/mol. The molecule has 0 radical (unpaired) electrons. The Labute approximate surface area is 117 Å². The second-order valence-corrected chi connectivity index (χ2v) is 7.11. The normalized spacial score (nSPS) is 37.1. The summed E-state index contributed by atoms with van der Waals surface area (Å²) in [7, 11) is 0. The standard InChI is InChI=1S/C16H28N2O/c1-3-4-14-17-16(9-10-16)15(19)18(14)11-13-7-5-12(2)6-8-13/h12-14,17H,3-11H2,1-2H3. The fourth-order valence-corrected chi connectivity index (χ4v) is 3.86. The van der Waals surface area contributed by atoms with Crippen molar-refractivity contribution in [3.63, 3.8) is 0 Å². The van der Waals surface area contributed by atoms with Crippen LogP contribution >= 0.6 is 0 Å². The third-order valence-corrected chi connectivity index (χ3v) is 5.39. The zero-order valence-corrected chi connectivity index (χ0v) is 12.5. The summed E-state index contributed by atoms with van der Waals surface area (Å²) in [6.07, 6.45) is 10.0. The molecule has 0 aromatic carbocycles. The SMILES string of the molecule is CCCC1NC2(CC2)C(=O)N1CC1CCC(C)CC1. The van der Waals surface area contributed by atoms with Gasteiger partial charge in [0, 0.05) is 6.54 Å². The van der Waals surface area contributed by atoms with E-state index in [2.05, 4.69) is 24.1 Å². The van der Waals surface area contributed by atoms with Crippen LogP contribution in [0.2, 0.25) is 0 Å². The van der Waals surface area contributed by atoms with E-state index < -0.39 is 0 Å². The molecule has 1 N–H and O–H groups in total. The molecule has 108 valence electrons. The van der Waals surface area contributed by atoms with Gasteiger partial charge in [-0.1, -0.05) is 33.1 Å². The van der Waals surface area contributed by atoms with Gasteiger partial charge in [0.2, 0.25) is 5.91 Å². The molecular formula is C16H28N2O. The van der Waals surface area contributed by atoms with E-state index in [9.17, 15) is 4.79 Å². The fraction of sp³-hybridized carbons (Fsp3) is 0.938. The topological polar surface area (TPSA) is 32.3 Å². The number of nitrogens with zero attached hydrogens (tertiary/aromatic N) is 1. The molecule has 3 fully saturated rings. The van der Waals surface area contributed by atoms with Crippen molar-refractivity contribution in [1.82, 2.24) is 10.2 Å². The highest BCUT2D eigenvalue weighted by Gasteiger charge is 2.58. The van der Waals surface area contributed by atoms with E-state index in [0.29, 0.717) is 12.1 Å². The van der Waals surface area contributed by atoms with Crippen molar-refractivity contribution in [2.45, 2.75) is 76.9 Å². The molecular weight excluding hydrogens is 236 g/mol. The van der Waals surface area contributed by atoms with E-state index in [-0.39, 0.29) is 5.54 Å². The first kappa shape index (κ1) is 13.4. The van der Waals surface area contributed by atoms with Crippen molar-refractivity contribution < 1.29 is 4.79 Å². The van der Waals surface area contributed by atoms with E-state index >= 15 is 0 Å². The zero-order valence-electron chi connectivity index (χ0n) is 12.5. The summed E-state index contributed by atoms with van der Waals surface area (Å²) >= 11 is 0. The minimum absolute atomic E-state index is 0.123. The Morgan fingerprint density at radius 3 is 2.53 bits per heavy atom. The monoisotopic (exact) mass is 264 g/mol. The number of amides is 1. The first-order valence-corrected chi connectivity index (χ1v) is 8.23. The van der Waals surface area contributed by atoms with Crippen molar-refractivity contribution in [2.75, 3.05) is 6.54 Å². The molecule has 1 amide bonds. The first-order chi connectivity index (χ1) is 9.14. The largest absolute Gasteiger partial charge is 0.325 e. The van der Waals surface area contributed by atoms with E-state index in [0.717, 1.165) is 44.1 Å². The van der Waals surface area contributed by atoms with Gasteiger partial charge in [0.05, 0.1) is 11.7 Å². The van der Waals surface area contributed by atoms with Crippen LogP contribution < -0.4 is 5.32 Å². The van der Waals surface area contributed by atoms with Gasteiger partial charge in [-0.3, -0.25) is 10.1 Å². The Hall–Kier alpha value is -0.570. The van der Waals surface area contributed by atoms with Crippen LogP contribution in [0.4, 0.5) is 0 Å². The number of hydrogen-bond donors (Lipinski definition) is 1. The Kier molecular flexibility index (Phi) is 3.59. The average Bonchev–Trinajstić information content (AvgIpc) is 3.13.